The molecular weight excluding hydrogens is 238 g/mol. The quantitative estimate of drug-likeness (QED) is 0.892. The van der Waals surface area contributed by atoms with E-state index in [9.17, 15) is 5.26 Å². The molecule has 1 atom stereocenters. The molecule has 1 heterocycles. The molecule has 1 aromatic carbocycles. The number of rotatable bonds is 5. The van der Waals surface area contributed by atoms with Gasteiger partial charge in [-0.1, -0.05) is 25.1 Å². The second-order valence-corrected chi connectivity index (χ2v) is 4.38. The number of methoxy groups -OCH3 is 1. The lowest BCUT2D eigenvalue weighted by Gasteiger charge is -2.19. The van der Waals surface area contributed by atoms with E-state index in [2.05, 4.69) is 23.3 Å². The standard InChI is InChI=1S/C15H17N3O/c1-3-12(10-19-2)18-15-11(8-16)9-17-14-7-5-4-6-13(14)15/h4-7,9,12H,3,10H2,1-2H3,(H,17,18). The number of nitrogens with one attached hydrogen (secondary N) is 1. The van der Waals surface area contributed by atoms with Crippen molar-refractivity contribution in [1.82, 2.24) is 4.98 Å². The van der Waals surface area contributed by atoms with Crippen LogP contribution in [0, 0.1) is 11.3 Å². The first kappa shape index (κ1) is 13.3. The van der Waals surface area contributed by atoms with Gasteiger partial charge in [0.05, 0.1) is 23.4 Å². The van der Waals surface area contributed by atoms with E-state index in [0.717, 1.165) is 23.0 Å². The third-order valence-electron chi connectivity index (χ3n) is 3.11. The lowest BCUT2D eigenvalue weighted by Crippen LogP contribution is -2.24. The molecule has 0 aliphatic heterocycles. The molecule has 0 aliphatic carbocycles. The maximum absolute atomic E-state index is 9.23. The van der Waals surface area contributed by atoms with Crippen molar-refractivity contribution in [3.05, 3.63) is 36.0 Å². The summed E-state index contributed by atoms with van der Waals surface area (Å²) in [6.07, 6.45) is 2.54. The fraction of sp³-hybridized carbons (Fsp3) is 0.333. The Labute approximate surface area is 113 Å². The third-order valence-corrected chi connectivity index (χ3v) is 3.11. The second kappa shape index (κ2) is 6.17. The number of aromatic nitrogens is 1. The maximum atomic E-state index is 9.23. The molecule has 1 N–H and O–H groups in total. The van der Waals surface area contributed by atoms with Crippen LogP contribution in [-0.2, 0) is 4.74 Å². The summed E-state index contributed by atoms with van der Waals surface area (Å²) in [5.41, 5.74) is 2.29. The van der Waals surface area contributed by atoms with Crippen LogP contribution in [-0.4, -0.2) is 24.7 Å². The number of ether oxygens (including phenoxy) is 1. The molecule has 2 aromatic rings. The van der Waals surface area contributed by atoms with E-state index in [1.54, 1.807) is 13.3 Å². The largest absolute Gasteiger partial charge is 0.383 e. The molecule has 1 aromatic heterocycles. The number of benzene rings is 1. The molecule has 2 rings (SSSR count). The second-order valence-electron chi connectivity index (χ2n) is 4.38. The molecule has 0 fully saturated rings. The van der Waals surface area contributed by atoms with Crippen molar-refractivity contribution in [1.29, 1.82) is 5.26 Å². The molecule has 0 spiro atoms. The molecule has 1 unspecified atom stereocenters. The molecule has 0 amide bonds. The van der Waals surface area contributed by atoms with Crippen molar-refractivity contribution < 1.29 is 4.74 Å². The minimum Gasteiger partial charge on any atom is -0.383 e. The average molecular weight is 255 g/mol. The Bertz CT molecular complexity index is 604. The summed E-state index contributed by atoms with van der Waals surface area (Å²) >= 11 is 0. The van der Waals surface area contributed by atoms with E-state index in [4.69, 9.17) is 4.74 Å². The van der Waals surface area contributed by atoms with Crippen molar-refractivity contribution in [3.63, 3.8) is 0 Å². The predicted molar refractivity (Wildman–Crippen MR) is 76.0 cm³/mol. The van der Waals surface area contributed by atoms with Crippen LogP contribution >= 0.6 is 0 Å². The van der Waals surface area contributed by atoms with Crippen LogP contribution in [0.5, 0.6) is 0 Å². The first-order valence-corrected chi connectivity index (χ1v) is 6.33. The normalized spacial score (nSPS) is 12.1. The minimum atomic E-state index is 0.183. The average Bonchev–Trinajstić information content (AvgIpc) is 2.46. The number of hydrogen-bond donors (Lipinski definition) is 1. The zero-order valence-electron chi connectivity index (χ0n) is 11.2. The number of hydrogen-bond acceptors (Lipinski definition) is 4. The van der Waals surface area contributed by atoms with Crippen molar-refractivity contribution in [2.24, 2.45) is 0 Å². The molecule has 0 radical (unpaired) electrons. The van der Waals surface area contributed by atoms with Gasteiger partial charge in [-0.25, -0.2) is 0 Å². The maximum Gasteiger partial charge on any atom is 0.103 e. The number of para-hydroxylation sites is 1. The zero-order valence-corrected chi connectivity index (χ0v) is 11.2. The summed E-state index contributed by atoms with van der Waals surface area (Å²) in [5, 5.41) is 13.6. The van der Waals surface area contributed by atoms with Gasteiger partial charge in [-0.3, -0.25) is 4.98 Å². The van der Waals surface area contributed by atoms with E-state index in [0.29, 0.717) is 12.2 Å². The lowest BCUT2D eigenvalue weighted by molar-refractivity contribution is 0.184. The lowest BCUT2D eigenvalue weighted by atomic mass is 10.1. The molecule has 4 heteroatoms. The number of nitrogens with zero attached hydrogens (tertiary/aromatic N) is 2. The Kier molecular flexibility index (Phi) is 4.32. The van der Waals surface area contributed by atoms with Crippen molar-refractivity contribution in [2.75, 3.05) is 19.0 Å². The van der Waals surface area contributed by atoms with Crippen LogP contribution in [0.2, 0.25) is 0 Å². The van der Waals surface area contributed by atoms with Crippen molar-refractivity contribution >= 4 is 16.6 Å². The fourth-order valence-electron chi connectivity index (χ4n) is 2.05. The number of nitriles is 1. The summed E-state index contributed by atoms with van der Waals surface area (Å²) in [7, 11) is 1.68. The van der Waals surface area contributed by atoms with Crippen LogP contribution in [0.4, 0.5) is 5.69 Å². The van der Waals surface area contributed by atoms with Gasteiger partial charge in [0.25, 0.3) is 0 Å². The highest BCUT2D eigenvalue weighted by Crippen LogP contribution is 2.26. The van der Waals surface area contributed by atoms with Crippen LogP contribution in [0.3, 0.4) is 0 Å². The van der Waals surface area contributed by atoms with Gasteiger partial charge < -0.3 is 10.1 Å². The van der Waals surface area contributed by atoms with Gasteiger partial charge in [0.2, 0.25) is 0 Å². The van der Waals surface area contributed by atoms with Crippen molar-refractivity contribution in [3.8, 4) is 6.07 Å². The zero-order chi connectivity index (χ0) is 13.7. The van der Waals surface area contributed by atoms with Gasteiger partial charge in [0, 0.05) is 24.7 Å². The minimum absolute atomic E-state index is 0.183. The molecule has 4 nitrogen and oxygen atoms in total. The SMILES string of the molecule is CCC(COC)Nc1c(C#N)cnc2ccccc12. The van der Waals surface area contributed by atoms with Gasteiger partial charge in [0.1, 0.15) is 6.07 Å². The third kappa shape index (κ3) is 2.83. The smallest absolute Gasteiger partial charge is 0.103 e. The summed E-state index contributed by atoms with van der Waals surface area (Å²) in [6, 6.07) is 10.2. The number of anilines is 1. The van der Waals surface area contributed by atoms with E-state index in [1.165, 1.54) is 0 Å². The Morgan fingerprint density at radius 1 is 1.42 bits per heavy atom. The molecule has 0 saturated heterocycles. The highest BCUT2D eigenvalue weighted by atomic mass is 16.5. The predicted octanol–water partition coefficient (Wildman–Crippen LogP) is 2.94. The van der Waals surface area contributed by atoms with E-state index >= 15 is 0 Å². The van der Waals surface area contributed by atoms with E-state index < -0.39 is 0 Å². The van der Waals surface area contributed by atoms with E-state index in [-0.39, 0.29) is 6.04 Å². The summed E-state index contributed by atoms with van der Waals surface area (Å²) in [4.78, 5) is 4.30. The van der Waals surface area contributed by atoms with Gasteiger partial charge in [-0.05, 0) is 12.5 Å². The summed E-state index contributed by atoms with van der Waals surface area (Å²) in [6.45, 7) is 2.70. The molecule has 98 valence electrons. The monoisotopic (exact) mass is 255 g/mol. The molecule has 0 saturated carbocycles. The molecule has 19 heavy (non-hydrogen) atoms. The highest BCUT2D eigenvalue weighted by molar-refractivity contribution is 5.93. The molecular formula is C15H17N3O. The fourth-order valence-corrected chi connectivity index (χ4v) is 2.05. The van der Waals surface area contributed by atoms with Gasteiger partial charge in [-0.2, -0.15) is 5.26 Å². The van der Waals surface area contributed by atoms with Gasteiger partial charge >= 0.3 is 0 Å². The molecule has 0 bridgehead atoms. The Hall–Kier alpha value is -2.12. The van der Waals surface area contributed by atoms with Gasteiger partial charge in [-0.15, -0.1) is 0 Å². The van der Waals surface area contributed by atoms with Crippen LogP contribution < -0.4 is 5.32 Å². The van der Waals surface area contributed by atoms with Crippen LogP contribution in [0.25, 0.3) is 10.9 Å². The van der Waals surface area contributed by atoms with Gasteiger partial charge in [0.15, 0.2) is 0 Å². The summed E-state index contributed by atoms with van der Waals surface area (Å²) < 4.78 is 5.19. The number of pyridine rings is 1. The van der Waals surface area contributed by atoms with E-state index in [1.807, 2.05) is 24.3 Å². The Balaban J connectivity index is 2.47. The Morgan fingerprint density at radius 3 is 2.89 bits per heavy atom. The Morgan fingerprint density at radius 2 is 2.21 bits per heavy atom. The first-order valence-electron chi connectivity index (χ1n) is 6.33. The van der Waals surface area contributed by atoms with Crippen LogP contribution in [0.1, 0.15) is 18.9 Å². The first-order chi connectivity index (χ1) is 9.30. The summed E-state index contributed by atoms with van der Waals surface area (Å²) in [5.74, 6) is 0. The highest BCUT2D eigenvalue weighted by Gasteiger charge is 2.12. The number of fused-ring (bicyclic) bond motifs is 1. The molecule has 0 aliphatic rings. The topological polar surface area (TPSA) is 57.9 Å². The van der Waals surface area contributed by atoms with Crippen LogP contribution in [0.15, 0.2) is 30.5 Å². The van der Waals surface area contributed by atoms with Crippen molar-refractivity contribution in [2.45, 2.75) is 19.4 Å².